The van der Waals surface area contributed by atoms with Gasteiger partial charge in [0.05, 0.1) is 5.02 Å². The van der Waals surface area contributed by atoms with Crippen LogP contribution in [0.15, 0.2) is 23.4 Å². The Morgan fingerprint density at radius 2 is 2.24 bits per heavy atom. The number of halogens is 1. The molecule has 118 valence electrons. The van der Waals surface area contributed by atoms with Crippen LogP contribution in [0.3, 0.4) is 0 Å². The van der Waals surface area contributed by atoms with Crippen molar-refractivity contribution in [3.05, 3.63) is 23.4 Å². The lowest BCUT2D eigenvalue weighted by molar-refractivity contribution is -0.144. The molecular weight excluding hydrogens is 308 g/mol. The lowest BCUT2D eigenvalue weighted by atomic mass is 9.94. The third kappa shape index (κ3) is 6.24. The topological polar surface area (TPSA) is 62.2 Å². The summed E-state index contributed by atoms with van der Waals surface area (Å²) in [6.07, 6.45) is 4.11. The van der Waals surface area contributed by atoms with Crippen molar-refractivity contribution < 1.29 is 9.90 Å². The molecule has 2 N–H and O–H groups in total. The van der Waals surface area contributed by atoms with E-state index in [1.807, 2.05) is 26.0 Å². The summed E-state index contributed by atoms with van der Waals surface area (Å²) in [6.45, 7) is 5.67. The van der Waals surface area contributed by atoms with Crippen LogP contribution in [-0.4, -0.2) is 33.4 Å². The number of unbranched alkanes of at least 4 members (excludes halogenated alkanes) is 1. The van der Waals surface area contributed by atoms with Crippen molar-refractivity contribution in [3.8, 4) is 0 Å². The van der Waals surface area contributed by atoms with Crippen molar-refractivity contribution in [1.82, 2.24) is 10.3 Å². The largest absolute Gasteiger partial charge is 0.480 e. The van der Waals surface area contributed by atoms with E-state index in [1.165, 1.54) is 0 Å². The van der Waals surface area contributed by atoms with Crippen LogP contribution >= 0.6 is 23.4 Å². The summed E-state index contributed by atoms with van der Waals surface area (Å²) >= 11 is 7.65. The normalized spacial score (nSPS) is 14.1. The molecule has 0 spiro atoms. The molecule has 1 aromatic rings. The average molecular weight is 331 g/mol. The third-order valence-electron chi connectivity index (χ3n) is 3.11. The molecule has 0 aromatic carbocycles. The number of carbonyl (C=O) groups is 1. The quantitative estimate of drug-likeness (QED) is 0.532. The SMILES string of the molecule is CC(C)NC(C)(CCCCSc1ncccc1Cl)C(=O)O. The number of aliphatic carboxylic acids is 1. The van der Waals surface area contributed by atoms with Crippen LogP contribution in [0.25, 0.3) is 0 Å². The zero-order valence-electron chi connectivity index (χ0n) is 12.7. The van der Waals surface area contributed by atoms with Crippen LogP contribution in [0, 0.1) is 0 Å². The highest BCUT2D eigenvalue weighted by Gasteiger charge is 2.32. The molecule has 0 aliphatic rings. The second kappa shape index (κ2) is 8.61. The van der Waals surface area contributed by atoms with Crippen LogP contribution in [0.4, 0.5) is 0 Å². The minimum absolute atomic E-state index is 0.146. The highest BCUT2D eigenvalue weighted by molar-refractivity contribution is 7.99. The first-order chi connectivity index (χ1) is 9.85. The van der Waals surface area contributed by atoms with Gasteiger partial charge in [-0.3, -0.25) is 10.1 Å². The van der Waals surface area contributed by atoms with E-state index in [0.717, 1.165) is 23.6 Å². The summed E-state index contributed by atoms with van der Waals surface area (Å²) in [5.74, 6) is 0.0883. The monoisotopic (exact) mass is 330 g/mol. The number of rotatable bonds is 9. The van der Waals surface area contributed by atoms with Crippen molar-refractivity contribution in [2.45, 2.75) is 56.6 Å². The molecule has 0 saturated carbocycles. The molecular formula is C15H23ClN2O2S. The summed E-state index contributed by atoms with van der Waals surface area (Å²) in [5.41, 5.74) is -0.860. The number of carboxylic acid groups (broad SMARTS) is 1. The van der Waals surface area contributed by atoms with Crippen LogP contribution in [0.1, 0.15) is 40.0 Å². The van der Waals surface area contributed by atoms with Gasteiger partial charge in [0.1, 0.15) is 10.6 Å². The Labute approximate surface area is 135 Å². The molecule has 0 aliphatic heterocycles. The van der Waals surface area contributed by atoms with Gasteiger partial charge in [-0.1, -0.05) is 18.0 Å². The molecule has 1 heterocycles. The molecule has 0 radical (unpaired) electrons. The first-order valence-corrected chi connectivity index (χ1v) is 8.46. The standard InChI is InChI=1S/C15H23ClN2O2S/c1-11(2)18-15(3,14(19)20)8-4-5-10-21-13-12(16)7-6-9-17-13/h6-7,9,11,18H,4-5,8,10H2,1-3H3,(H,19,20). The Bertz CT molecular complexity index is 471. The Morgan fingerprint density at radius 1 is 1.52 bits per heavy atom. The van der Waals surface area contributed by atoms with Gasteiger partial charge in [-0.25, -0.2) is 4.98 Å². The second-order valence-electron chi connectivity index (χ2n) is 5.53. The van der Waals surface area contributed by atoms with Gasteiger partial charge >= 0.3 is 5.97 Å². The fraction of sp³-hybridized carbons (Fsp3) is 0.600. The van der Waals surface area contributed by atoms with E-state index in [2.05, 4.69) is 10.3 Å². The predicted octanol–water partition coefficient (Wildman–Crippen LogP) is 3.84. The summed E-state index contributed by atoms with van der Waals surface area (Å²) in [4.78, 5) is 15.6. The van der Waals surface area contributed by atoms with Gasteiger partial charge in [0.25, 0.3) is 0 Å². The summed E-state index contributed by atoms with van der Waals surface area (Å²) in [7, 11) is 0. The maximum atomic E-state index is 11.4. The van der Waals surface area contributed by atoms with Gasteiger partial charge in [-0.2, -0.15) is 0 Å². The Hall–Kier alpha value is -0.780. The zero-order chi connectivity index (χ0) is 15.9. The van der Waals surface area contributed by atoms with E-state index in [1.54, 1.807) is 24.9 Å². The number of hydrogen-bond donors (Lipinski definition) is 2. The van der Waals surface area contributed by atoms with Crippen molar-refractivity contribution in [2.75, 3.05) is 5.75 Å². The molecule has 1 aromatic heterocycles. The first kappa shape index (κ1) is 18.3. The molecule has 1 rings (SSSR count). The number of hydrogen-bond acceptors (Lipinski definition) is 4. The number of carboxylic acids is 1. The Balaban J connectivity index is 2.35. The lowest BCUT2D eigenvalue weighted by Gasteiger charge is -2.28. The van der Waals surface area contributed by atoms with Gasteiger partial charge in [-0.05, 0) is 51.5 Å². The number of thioether (sulfide) groups is 1. The van der Waals surface area contributed by atoms with Gasteiger partial charge in [-0.15, -0.1) is 11.8 Å². The van der Waals surface area contributed by atoms with Gasteiger partial charge in [0, 0.05) is 12.2 Å². The van der Waals surface area contributed by atoms with Crippen molar-refractivity contribution in [1.29, 1.82) is 0 Å². The predicted molar refractivity (Wildman–Crippen MR) is 88.1 cm³/mol. The van der Waals surface area contributed by atoms with E-state index in [-0.39, 0.29) is 6.04 Å². The maximum Gasteiger partial charge on any atom is 0.323 e. The molecule has 0 saturated heterocycles. The summed E-state index contributed by atoms with van der Waals surface area (Å²) in [6, 6.07) is 3.78. The van der Waals surface area contributed by atoms with Gasteiger partial charge in [0.2, 0.25) is 0 Å². The third-order valence-corrected chi connectivity index (χ3v) is 4.62. The second-order valence-corrected chi connectivity index (χ2v) is 7.02. The highest BCUT2D eigenvalue weighted by atomic mass is 35.5. The number of nitrogens with one attached hydrogen (secondary N) is 1. The van der Waals surface area contributed by atoms with E-state index in [4.69, 9.17) is 11.6 Å². The Morgan fingerprint density at radius 3 is 2.81 bits per heavy atom. The highest BCUT2D eigenvalue weighted by Crippen LogP contribution is 2.25. The Kier molecular flexibility index (Phi) is 7.49. The molecule has 21 heavy (non-hydrogen) atoms. The fourth-order valence-electron chi connectivity index (χ4n) is 2.10. The van der Waals surface area contributed by atoms with E-state index >= 15 is 0 Å². The van der Waals surface area contributed by atoms with Crippen LogP contribution in [0.5, 0.6) is 0 Å². The summed E-state index contributed by atoms with van der Waals surface area (Å²) < 4.78 is 0. The van der Waals surface area contributed by atoms with Gasteiger partial charge < -0.3 is 5.11 Å². The molecule has 0 fully saturated rings. The smallest absolute Gasteiger partial charge is 0.323 e. The zero-order valence-corrected chi connectivity index (χ0v) is 14.3. The number of pyridine rings is 1. The van der Waals surface area contributed by atoms with Crippen molar-refractivity contribution in [2.24, 2.45) is 0 Å². The number of aromatic nitrogens is 1. The van der Waals surface area contributed by atoms with Crippen LogP contribution in [0.2, 0.25) is 5.02 Å². The van der Waals surface area contributed by atoms with Crippen molar-refractivity contribution >= 4 is 29.3 Å². The van der Waals surface area contributed by atoms with E-state index in [9.17, 15) is 9.90 Å². The van der Waals surface area contributed by atoms with Crippen LogP contribution in [-0.2, 0) is 4.79 Å². The maximum absolute atomic E-state index is 11.4. The first-order valence-electron chi connectivity index (χ1n) is 7.09. The van der Waals surface area contributed by atoms with Crippen LogP contribution < -0.4 is 5.32 Å². The molecule has 4 nitrogen and oxygen atoms in total. The number of nitrogens with zero attached hydrogens (tertiary/aromatic N) is 1. The molecule has 1 unspecified atom stereocenters. The van der Waals surface area contributed by atoms with Crippen molar-refractivity contribution in [3.63, 3.8) is 0 Å². The van der Waals surface area contributed by atoms with E-state index in [0.29, 0.717) is 11.4 Å². The van der Waals surface area contributed by atoms with Gasteiger partial charge in [0.15, 0.2) is 0 Å². The lowest BCUT2D eigenvalue weighted by Crippen LogP contribution is -2.52. The minimum atomic E-state index is -0.860. The molecule has 1 atom stereocenters. The minimum Gasteiger partial charge on any atom is -0.480 e. The molecule has 0 bridgehead atoms. The van der Waals surface area contributed by atoms with E-state index < -0.39 is 11.5 Å². The molecule has 6 heteroatoms. The summed E-state index contributed by atoms with van der Waals surface area (Å²) in [5, 5.41) is 14.0. The fourth-order valence-corrected chi connectivity index (χ4v) is 3.27. The average Bonchev–Trinajstić information content (AvgIpc) is 2.39. The molecule has 0 aliphatic carbocycles. The molecule has 0 amide bonds.